The Labute approximate surface area is 125 Å². The summed E-state index contributed by atoms with van der Waals surface area (Å²) in [6.07, 6.45) is 0.0274. The summed E-state index contributed by atoms with van der Waals surface area (Å²) in [5.41, 5.74) is 1.07. The lowest BCUT2D eigenvalue weighted by Gasteiger charge is -2.39. The minimum Gasteiger partial charge on any atom is -0.409 e. The topological polar surface area (TPSA) is 9.23 Å². The van der Waals surface area contributed by atoms with Crippen LogP contribution in [0, 0.1) is 0 Å². The Morgan fingerprint density at radius 1 is 1.28 bits per heavy atom. The number of hydrogen-bond donors (Lipinski definition) is 0. The van der Waals surface area contributed by atoms with Crippen LogP contribution in [-0.2, 0) is 4.43 Å². The molecule has 0 heterocycles. The van der Waals surface area contributed by atoms with Crippen molar-refractivity contribution in [1.29, 1.82) is 0 Å². The number of benzene rings is 1. The molecular formula is C14H22BrClOSi. The first kappa shape index (κ1) is 16.2. The summed E-state index contributed by atoms with van der Waals surface area (Å²) < 4.78 is 6.43. The van der Waals surface area contributed by atoms with Crippen molar-refractivity contribution in [2.24, 2.45) is 0 Å². The van der Waals surface area contributed by atoms with Gasteiger partial charge in [-0.2, -0.15) is 0 Å². The Kier molecular flexibility index (Phi) is 5.48. The lowest BCUT2D eigenvalue weighted by Crippen LogP contribution is -2.42. The van der Waals surface area contributed by atoms with Gasteiger partial charge in [-0.25, -0.2) is 0 Å². The molecule has 0 aliphatic carbocycles. The molecule has 0 aliphatic rings. The van der Waals surface area contributed by atoms with Crippen molar-refractivity contribution in [3.05, 3.63) is 34.9 Å². The lowest BCUT2D eigenvalue weighted by atomic mass is 10.1. The van der Waals surface area contributed by atoms with Crippen LogP contribution in [0.15, 0.2) is 24.3 Å². The van der Waals surface area contributed by atoms with Gasteiger partial charge in [0, 0.05) is 10.4 Å². The maximum absolute atomic E-state index is 6.43. The van der Waals surface area contributed by atoms with Crippen molar-refractivity contribution >= 4 is 35.8 Å². The number of alkyl halides is 1. The van der Waals surface area contributed by atoms with Crippen LogP contribution in [0.2, 0.25) is 23.2 Å². The van der Waals surface area contributed by atoms with Crippen LogP contribution >= 0.6 is 27.5 Å². The van der Waals surface area contributed by atoms with Gasteiger partial charge < -0.3 is 4.43 Å². The van der Waals surface area contributed by atoms with E-state index in [2.05, 4.69) is 49.8 Å². The van der Waals surface area contributed by atoms with Gasteiger partial charge in [0.1, 0.15) is 0 Å². The zero-order valence-corrected chi connectivity index (χ0v) is 15.1. The highest BCUT2D eigenvalue weighted by molar-refractivity contribution is 9.09. The Bertz CT molecular complexity index is 401. The van der Waals surface area contributed by atoms with E-state index in [1.54, 1.807) is 0 Å². The summed E-state index contributed by atoms with van der Waals surface area (Å²) >= 11 is 9.80. The van der Waals surface area contributed by atoms with Crippen LogP contribution in [0.3, 0.4) is 0 Å². The van der Waals surface area contributed by atoms with Gasteiger partial charge >= 0.3 is 0 Å². The van der Waals surface area contributed by atoms with E-state index < -0.39 is 8.32 Å². The molecule has 0 spiro atoms. The molecule has 0 amide bonds. The van der Waals surface area contributed by atoms with Crippen LogP contribution in [0.4, 0.5) is 0 Å². The molecule has 18 heavy (non-hydrogen) atoms. The average molecular weight is 350 g/mol. The normalized spacial score (nSPS) is 14.6. The molecular weight excluding hydrogens is 328 g/mol. The van der Waals surface area contributed by atoms with Crippen molar-refractivity contribution in [2.75, 3.05) is 5.33 Å². The van der Waals surface area contributed by atoms with E-state index in [9.17, 15) is 0 Å². The Morgan fingerprint density at radius 2 is 1.83 bits per heavy atom. The fourth-order valence-corrected chi connectivity index (χ4v) is 3.70. The summed E-state index contributed by atoms with van der Waals surface area (Å²) in [5.74, 6) is 0. The van der Waals surface area contributed by atoms with Gasteiger partial charge in [0.2, 0.25) is 0 Å². The fraction of sp³-hybridized carbons (Fsp3) is 0.571. The van der Waals surface area contributed by atoms with Gasteiger partial charge in [-0.05, 0) is 29.8 Å². The second-order valence-corrected chi connectivity index (χ2v) is 11.9. The van der Waals surface area contributed by atoms with E-state index in [1.807, 2.05) is 24.3 Å². The maximum Gasteiger partial charge on any atom is 0.192 e. The van der Waals surface area contributed by atoms with Gasteiger partial charge in [-0.1, -0.05) is 66.5 Å². The third-order valence-corrected chi connectivity index (χ3v) is 9.05. The summed E-state index contributed by atoms with van der Waals surface area (Å²) in [7, 11) is -1.78. The summed E-state index contributed by atoms with van der Waals surface area (Å²) in [4.78, 5) is 0. The minimum atomic E-state index is -1.78. The average Bonchev–Trinajstić information content (AvgIpc) is 2.25. The molecule has 1 aromatic rings. The fourth-order valence-electron chi connectivity index (χ4n) is 1.45. The quantitative estimate of drug-likeness (QED) is 0.493. The number of halogens is 2. The van der Waals surface area contributed by atoms with Crippen molar-refractivity contribution < 1.29 is 4.43 Å². The van der Waals surface area contributed by atoms with E-state index in [0.29, 0.717) is 0 Å². The van der Waals surface area contributed by atoms with Crippen molar-refractivity contribution in [1.82, 2.24) is 0 Å². The summed E-state index contributed by atoms with van der Waals surface area (Å²) in [6.45, 7) is 11.3. The van der Waals surface area contributed by atoms with Crippen LogP contribution in [0.5, 0.6) is 0 Å². The molecule has 102 valence electrons. The van der Waals surface area contributed by atoms with E-state index >= 15 is 0 Å². The molecule has 1 atom stereocenters. The molecule has 0 saturated carbocycles. The third-order valence-electron chi connectivity index (χ3n) is 3.64. The molecule has 0 N–H and O–H groups in total. The largest absolute Gasteiger partial charge is 0.409 e. The first-order chi connectivity index (χ1) is 8.19. The molecule has 0 bridgehead atoms. The van der Waals surface area contributed by atoms with E-state index in [0.717, 1.165) is 15.9 Å². The predicted octanol–water partition coefficient (Wildman–Crippen LogP) is 5.80. The van der Waals surface area contributed by atoms with Crippen LogP contribution in [0.25, 0.3) is 0 Å². The summed E-state index contributed by atoms with van der Waals surface area (Å²) in [5, 5.41) is 1.75. The van der Waals surface area contributed by atoms with E-state index in [1.165, 1.54) is 0 Å². The molecule has 4 heteroatoms. The molecule has 0 aromatic heterocycles. The van der Waals surface area contributed by atoms with Gasteiger partial charge in [-0.15, -0.1) is 0 Å². The van der Waals surface area contributed by atoms with E-state index in [-0.39, 0.29) is 11.1 Å². The highest BCUT2D eigenvalue weighted by Crippen LogP contribution is 2.41. The molecule has 1 unspecified atom stereocenters. The van der Waals surface area contributed by atoms with Gasteiger partial charge in [0.15, 0.2) is 8.32 Å². The second kappa shape index (κ2) is 6.08. The Hall–Kier alpha value is 0.167. The van der Waals surface area contributed by atoms with E-state index in [4.69, 9.17) is 16.0 Å². The van der Waals surface area contributed by atoms with Crippen LogP contribution in [-0.4, -0.2) is 13.6 Å². The van der Waals surface area contributed by atoms with Crippen LogP contribution in [0.1, 0.15) is 32.4 Å². The van der Waals surface area contributed by atoms with Gasteiger partial charge in [0.25, 0.3) is 0 Å². The lowest BCUT2D eigenvalue weighted by molar-refractivity contribution is 0.208. The zero-order valence-electron chi connectivity index (χ0n) is 11.8. The SMILES string of the molecule is CC(C)(C)[Si](C)(C)OC(CBr)c1ccccc1Cl. The highest BCUT2D eigenvalue weighted by atomic mass is 79.9. The Balaban J connectivity index is 2.97. The smallest absolute Gasteiger partial charge is 0.192 e. The summed E-state index contributed by atoms with van der Waals surface area (Å²) in [6, 6.07) is 7.91. The molecule has 0 radical (unpaired) electrons. The highest BCUT2D eigenvalue weighted by Gasteiger charge is 2.39. The molecule has 0 saturated heterocycles. The third kappa shape index (κ3) is 3.83. The van der Waals surface area contributed by atoms with Gasteiger partial charge in [0.05, 0.1) is 6.10 Å². The number of rotatable bonds is 4. The Morgan fingerprint density at radius 3 is 2.28 bits per heavy atom. The standard InChI is InChI=1S/C14H22BrClOSi/c1-14(2,3)18(4,5)17-13(10-15)11-8-6-7-9-12(11)16/h6-9,13H,10H2,1-5H3. The molecule has 0 fully saturated rings. The van der Waals surface area contributed by atoms with Crippen molar-refractivity contribution in [3.63, 3.8) is 0 Å². The minimum absolute atomic E-state index is 0.0274. The monoisotopic (exact) mass is 348 g/mol. The molecule has 0 aliphatic heterocycles. The van der Waals surface area contributed by atoms with Crippen molar-refractivity contribution in [3.8, 4) is 0 Å². The molecule has 1 rings (SSSR count). The molecule has 1 nitrogen and oxygen atoms in total. The first-order valence-corrected chi connectivity index (χ1v) is 10.6. The maximum atomic E-state index is 6.43. The number of hydrogen-bond acceptors (Lipinski definition) is 1. The first-order valence-electron chi connectivity index (χ1n) is 6.17. The molecule has 1 aromatic carbocycles. The zero-order chi connectivity index (χ0) is 14.0. The predicted molar refractivity (Wildman–Crippen MR) is 86.3 cm³/mol. The van der Waals surface area contributed by atoms with Crippen molar-refractivity contribution in [2.45, 2.75) is 45.0 Å². The van der Waals surface area contributed by atoms with Crippen LogP contribution < -0.4 is 0 Å². The van der Waals surface area contributed by atoms with Gasteiger partial charge in [-0.3, -0.25) is 0 Å². The second-order valence-electron chi connectivity index (χ2n) is 6.04.